The molecule has 0 heterocycles. The van der Waals surface area contributed by atoms with Crippen LogP contribution in [0.15, 0.2) is 0 Å². The van der Waals surface area contributed by atoms with Crippen LogP contribution < -0.4 is 0 Å². The Balaban J connectivity index is 1.69. The van der Waals surface area contributed by atoms with Gasteiger partial charge in [0.25, 0.3) is 0 Å². The van der Waals surface area contributed by atoms with Gasteiger partial charge in [0.2, 0.25) is 0 Å². The van der Waals surface area contributed by atoms with E-state index in [1.807, 2.05) is 0 Å². The van der Waals surface area contributed by atoms with Gasteiger partial charge in [-0.25, -0.2) is 4.39 Å². The molecule has 0 aliphatic heterocycles. The number of halogens is 1. The average molecular weight is 292 g/mol. The van der Waals surface area contributed by atoms with Gasteiger partial charge in [-0.2, -0.15) is 0 Å². The van der Waals surface area contributed by atoms with Gasteiger partial charge in [-0.15, -0.1) is 0 Å². The maximum atomic E-state index is 14.9. The molecule has 4 aliphatic carbocycles. The summed E-state index contributed by atoms with van der Waals surface area (Å²) in [4.78, 5) is 12.4. The van der Waals surface area contributed by atoms with E-state index in [0.717, 1.165) is 32.1 Å². The van der Waals surface area contributed by atoms with Crippen molar-refractivity contribution in [1.82, 2.24) is 0 Å². The van der Waals surface area contributed by atoms with Crippen molar-refractivity contribution in [3.63, 3.8) is 0 Å². The molecule has 7 atom stereocenters. The molecular weight excluding hydrogens is 263 g/mol. The molecule has 0 radical (unpaired) electrons. The first-order valence-corrected chi connectivity index (χ1v) is 9.14. The average Bonchev–Trinajstić information content (AvgIpc) is 2.75. The Labute approximate surface area is 128 Å². The maximum absolute atomic E-state index is 14.9. The Hall–Kier alpha value is -0.400. The first kappa shape index (κ1) is 14.2. The van der Waals surface area contributed by atoms with Gasteiger partial charge in [0, 0.05) is 11.8 Å². The van der Waals surface area contributed by atoms with Crippen molar-refractivity contribution in [2.24, 2.45) is 34.5 Å². The third-order valence-electron chi connectivity index (χ3n) is 8.25. The minimum Gasteiger partial charge on any atom is -0.299 e. The summed E-state index contributed by atoms with van der Waals surface area (Å²) < 4.78 is 14.9. The summed E-state index contributed by atoms with van der Waals surface area (Å²) in [5.74, 6) is 2.40. The fourth-order valence-corrected chi connectivity index (χ4v) is 7.07. The molecule has 1 nitrogen and oxygen atoms in total. The Morgan fingerprint density at radius 2 is 1.81 bits per heavy atom. The molecule has 4 fully saturated rings. The van der Waals surface area contributed by atoms with E-state index in [4.69, 9.17) is 0 Å². The summed E-state index contributed by atoms with van der Waals surface area (Å²) in [5.41, 5.74) is 0.103. The second kappa shape index (κ2) is 4.55. The molecule has 4 aliphatic rings. The lowest BCUT2D eigenvalue weighted by atomic mass is 9.45. The molecule has 2 heteroatoms. The summed E-state index contributed by atoms with van der Waals surface area (Å²) in [7, 11) is 0. The monoisotopic (exact) mass is 292 g/mol. The van der Waals surface area contributed by atoms with E-state index in [0.29, 0.717) is 29.5 Å². The topological polar surface area (TPSA) is 17.1 Å². The van der Waals surface area contributed by atoms with Crippen LogP contribution in [0.25, 0.3) is 0 Å². The molecule has 21 heavy (non-hydrogen) atoms. The van der Waals surface area contributed by atoms with Gasteiger partial charge in [0.05, 0.1) is 0 Å². The Morgan fingerprint density at radius 1 is 1.00 bits per heavy atom. The summed E-state index contributed by atoms with van der Waals surface area (Å²) in [5, 5.41) is 0. The second-order valence-corrected chi connectivity index (χ2v) is 8.90. The van der Waals surface area contributed by atoms with Crippen molar-refractivity contribution < 1.29 is 9.18 Å². The lowest BCUT2D eigenvalue weighted by Crippen LogP contribution is -2.56. The van der Waals surface area contributed by atoms with Crippen LogP contribution in [0.5, 0.6) is 0 Å². The standard InChI is InChI=1S/C19H29FO/c1-18-9-4-3-5-15(18)16(20)11-12-13-6-7-17(21)19(13,2)10-8-14(12)18/h12-16H,3-11H2,1-2H3/t12-,13+,14-,15-,16+,18+,19+/m1/s1. The lowest BCUT2D eigenvalue weighted by molar-refractivity contribution is -0.148. The first-order valence-electron chi connectivity index (χ1n) is 9.14. The van der Waals surface area contributed by atoms with Gasteiger partial charge in [-0.1, -0.05) is 26.7 Å². The van der Waals surface area contributed by atoms with Crippen LogP contribution in [0, 0.1) is 34.5 Å². The van der Waals surface area contributed by atoms with Gasteiger partial charge in [0.1, 0.15) is 12.0 Å². The van der Waals surface area contributed by atoms with E-state index in [9.17, 15) is 9.18 Å². The van der Waals surface area contributed by atoms with Crippen molar-refractivity contribution in [2.45, 2.75) is 77.8 Å². The van der Waals surface area contributed by atoms with Gasteiger partial charge in [-0.3, -0.25) is 4.79 Å². The minimum absolute atomic E-state index is 0.112. The number of carbonyl (C=O) groups excluding carboxylic acids is 1. The molecule has 118 valence electrons. The van der Waals surface area contributed by atoms with Gasteiger partial charge in [-0.05, 0) is 67.6 Å². The van der Waals surface area contributed by atoms with Crippen LogP contribution in [0.3, 0.4) is 0 Å². The Bertz CT molecular complexity index is 460. The molecule has 0 aromatic carbocycles. The second-order valence-electron chi connectivity index (χ2n) is 8.90. The Morgan fingerprint density at radius 3 is 2.62 bits per heavy atom. The van der Waals surface area contributed by atoms with Gasteiger partial charge >= 0.3 is 0 Å². The highest BCUT2D eigenvalue weighted by atomic mass is 19.1. The molecule has 4 rings (SSSR count). The zero-order chi connectivity index (χ0) is 14.8. The molecule has 0 aromatic rings. The van der Waals surface area contributed by atoms with Crippen molar-refractivity contribution in [2.75, 3.05) is 0 Å². The fraction of sp³-hybridized carbons (Fsp3) is 0.947. The number of Topliss-reactive ketones (excluding diaryl/α,β-unsaturated/α-hetero) is 1. The maximum Gasteiger partial charge on any atom is 0.139 e. The number of rotatable bonds is 0. The highest BCUT2D eigenvalue weighted by Crippen LogP contribution is 2.65. The largest absolute Gasteiger partial charge is 0.299 e. The van der Waals surface area contributed by atoms with Crippen molar-refractivity contribution in [3.8, 4) is 0 Å². The molecule has 4 saturated carbocycles. The van der Waals surface area contributed by atoms with Crippen LogP contribution >= 0.6 is 0 Å². The zero-order valence-corrected chi connectivity index (χ0v) is 13.5. The van der Waals surface area contributed by atoms with Crippen LogP contribution in [0.2, 0.25) is 0 Å². The number of carbonyl (C=O) groups is 1. The predicted molar refractivity (Wildman–Crippen MR) is 81.6 cm³/mol. The smallest absolute Gasteiger partial charge is 0.139 e. The minimum atomic E-state index is -0.616. The van der Waals surface area contributed by atoms with Crippen LogP contribution in [-0.4, -0.2) is 12.0 Å². The molecular formula is C19H29FO. The third kappa shape index (κ3) is 1.77. The van der Waals surface area contributed by atoms with Crippen LogP contribution in [-0.2, 0) is 4.79 Å². The number of fused-ring (bicyclic) bond motifs is 5. The summed E-state index contributed by atoms with van der Waals surface area (Å²) >= 11 is 0. The number of hydrogen-bond acceptors (Lipinski definition) is 1. The SMILES string of the molecule is C[C@@]12CCCC[C@@H]1[C@@H](F)C[C@H]1[C@H]2CC[C@]2(C)C(=O)CC[C@@H]12. The van der Waals surface area contributed by atoms with Gasteiger partial charge in [0.15, 0.2) is 0 Å². The highest BCUT2D eigenvalue weighted by Gasteiger charge is 2.61. The molecule has 0 saturated heterocycles. The normalized spacial score (nSPS) is 56.5. The number of ketones is 1. The van der Waals surface area contributed by atoms with Gasteiger partial charge < -0.3 is 0 Å². The summed E-state index contributed by atoms with van der Waals surface area (Å²) in [6.07, 6.45) is 8.97. The highest BCUT2D eigenvalue weighted by molar-refractivity contribution is 5.87. The molecule has 0 aromatic heterocycles. The van der Waals surface area contributed by atoms with Crippen LogP contribution in [0.4, 0.5) is 4.39 Å². The van der Waals surface area contributed by atoms with E-state index in [-0.39, 0.29) is 10.8 Å². The van der Waals surface area contributed by atoms with Crippen molar-refractivity contribution >= 4 is 5.78 Å². The molecule has 0 unspecified atom stereocenters. The Kier molecular flexibility index (Phi) is 3.08. The molecule has 0 bridgehead atoms. The number of alkyl halides is 1. The van der Waals surface area contributed by atoms with E-state index in [1.165, 1.54) is 25.7 Å². The molecule has 0 spiro atoms. The van der Waals surface area contributed by atoms with E-state index >= 15 is 0 Å². The fourth-order valence-electron chi connectivity index (χ4n) is 7.07. The van der Waals surface area contributed by atoms with E-state index in [2.05, 4.69) is 13.8 Å². The predicted octanol–water partition coefficient (Wildman–Crippen LogP) is 4.94. The van der Waals surface area contributed by atoms with E-state index in [1.54, 1.807) is 0 Å². The lowest BCUT2D eigenvalue weighted by Gasteiger charge is -2.60. The van der Waals surface area contributed by atoms with Crippen molar-refractivity contribution in [3.05, 3.63) is 0 Å². The summed E-state index contributed by atoms with van der Waals surface area (Å²) in [6, 6.07) is 0. The molecule has 0 N–H and O–H groups in total. The van der Waals surface area contributed by atoms with Crippen LogP contribution in [0.1, 0.15) is 71.6 Å². The quantitative estimate of drug-likeness (QED) is 0.618. The van der Waals surface area contributed by atoms with E-state index < -0.39 is 6.17 Å². The van der Waals surface area contributed by atoms with Crippen molar-refractivity contribution in [1.29, 1.82) is 0 Å². The number of hydrogen-bond donors (Lipinski definition) is 0. The third-order valence-corrected chi connectivity index (χ3v) is 8.25. The molecule has 0 amide bonds. The first-order chi connectivity index (χ1) is 9.97. The zero-order valence-electron chi connectivity index (χ0n) is 13.5. The summed E-state index contributed by atoms with van der Waals surface area (Å²) in [6.45, 7) is 4.57.